The second-order valence-corrected chi connectivity index (χ2v) is 9.82. The van der Waals surface area contributed by atoms with Crippen LogP contribution in [0, 0.1) is 0 Å². The molecule has 0 aliphatic carbocycles. The zero-order valence-electron chi connectivity index (χ0n) is 16.3. The largest absolute Gasteiger partial charge is 0.297 e. The second-order valence-electron chi connectivity index (χ2n) is 8.02. The highest BCUT2D eigenvalue weighted by molar-refractivity contribution is 7.81. The van der Waals surface area contributed by atoms with E-state index < -0.39 is 16.5 Å². The van der Waals surface area contributed by atoms with Gasteiger partial charge in [0.2, 0.25) is 0 Å². The summed E-state index contributed by atoms with van der Waals surface area (Å²) >= 11 is 6.19. The Kier molecular flexibility index (Phi) is 5.06. The van der Waals surface area contributed by atoms with Crippen LogP contribution in [-0.2, 0) is 16.5 Å². The Morgan fingerprint density at radius 1 is 1.25 bits per heavy atom. The Hall–Kier alpha value is -1.76. The van der Waals surface area contributed by atoms with E-state index in [2.05, 4.69) is 11.1 Å². The molecule has 2 aliphatic rings. The molecule has 3 heterocycles. The molecular formula is C21H24ClN3O2S. The number of pyridine rings is 1. The molecule has 4 rings (SSSR count). The van der Waals surface area contributed by atoms with Gasteiger partial charge in [0.05, 0.1) is 28.4 Å². The Bertz CT molecular complexity index is 962. The van der Waals surface area contributed by atoms with Crippen molar-refractivity contribution in [3.63, 3.8) is 0 Å². The SMILES string of the molecule is CS(=O)N1CCCC(c2cncc(N3C(=O)c4ccc(Cl)cc4C3(C)C)c2)C1. The van der Waals surface area contributed by atoms with Crippen molar-refractivity contribution in [1.29, 1.82) is 0 Å². The number of fused-ring (bicyclic) bond motifs is 1. The molecule has 0 spiro atoms. The minimum absolute atomic E-state index is 0.0319. The summed E-state index contributed by atoms with van der Waals surface area (Å²) in [6, 6.07) is 7.50. The van der Waals surface area contributed by atoms with Crippen LogP contribution in [0.4, 0.5) is 5.69 Å². The molecule has 7 heteroatoms. The lowest BCUT2D eigenvalue weighted by Gasteiger charge is -2.34. The van der Waals surface area contributed by atoms with Gasteiger partial charge < -0.3 is 0 Å². The van der Waals surface area contributed by atoms with E-state index in [-0.39, 0.29) is 11.8 Å². The molecule has 1 aromatic heterocycles. The molecule has 1 fully saturated rings. The van der Waals surface area contributed by atoms with E-state index >= 15 is 0 Å². The van der Waals surface area contributed by atoms with Crippen LogP contribution in [0.1, 0.15) is 54.1 Å². The van der Waals surface area contributed by atoms with Crippen LogP contribution in [0.3, 0.4) is 0 Å². The lowest BCUT2D eigenvalue weighted by atomic mass is 9.91. The van der Waals surface area contributed by atoms with E-state index in [9.17, 15) is 9.00 Å². The highest BCUT2D eigenvalue weighted by Gasteiger charge is 2.44. The van der Waals surface area contributed by atoms with Crippen molar-refractivity contribution < 1.29 is 9.00 Å². The third-order valence-electron chi connectivity index (χ3n) is 5.86. The van der Waals surface area contributed by atoms with E-state index in [0.717, 1.165) is 42.7 Å². The zero-order chi connectivity index (χ0) is 20.1. The van der Waals surface area contributed by atoms with Gasteiger partial charge in [-0.3, -0.25) is 14.7 Å². The predicted octanol–water partition coefficient (Wildman–Crippen LogP) is 4.10. The van der Waals surface area contributed by atoms with Crippen LogP contribution in [0.5, 0.6) is 0 Å². The maximum Gasteiger partial charge on any atom is 0.259 e. The number of hydrogen-bond donors (Lipinski definition) is 0. The van der Waals surface area contributed by atoms with Crippen LogP contribution >= 0.6 is 11.6 Å². The number of aromatic nitrogens is 1. The molecule has 28 heavy (non-hydrogen) atoms. The molecular weight excluding hydrogens is 394 g/mol. The molecule has 2 unspecified atom stereocenters. The lowest BCUT2D eigenvalue weighted by Crippen LogP contribution is -2.39. The Morgan fingerprint density at radius 3 is 2.79 bits per heavy atom. The van der Waals surface area contributed by atoms with E-state index in [1.165, 1.54) is 0 Å². The molecule has 2 atom stereocenters. The van der Waals surface area contributed by atoms with Crippen LogP contribution in [0.2, 0.25) is 5.02 Å². The number of halogens is 1. The summed E-state index contributed by atoms with van der Waals surface area (Å²) in [6.07, 6.45) is 7.38. The van der Waals surface area contributed by atoms with Crippen molar-refractivity contribution in [3.05, 3.63) is 58.4 Å². The fraction of sp³-hybridized carbons (Fsp3) is 0.429. The van der Waals surface area contributed by atoms with Gasteiger partial charge in [-0.15, -0.1) is 0 Å². The maximum atomic E-state index is 13.2. The number of anilines is 1. The van der Waals surface area contributed by atoms with E-state index in [1.54, 1.807) is 24.6 Å². The Morgan fingerprint density at radius 2 is 2.04 bits per heavy atom. The summed E-state index contributed by atoms with van der Waals surface area (Å²) in [5.74, 6) is 0.235. The first-order chi connectivity index (χ1) is 13.3. The highest BCUT2D eigenvalue weighted by Crippen LogP contribution is 2.43. The zero-order valence-corrected chi connectivity index (χ0v) is 17.9. The van der Waals surface area contributed by atoms with E-state index in [0.29, 0.717) is 10.6 Å². The Balaban J connectivity index is 1.68. The van der Waals surface area contributed by atoms with Gasteiger partial charge in [-0.25, -0.2) is 8.51 Å². The molecule has 0 radical (unpaired) electrons. The van der Waals surface area contributed by atoms with E-state index in [1.807, 2.05) is 35.3 Å². The fourth-order valence-corrected chi connectivity index (χ4v) is 5.33. The van der Waals surface area contributed by atoms with Gasteiger partial charge in [0.15, 0.2) is 0 Å². The summed E-state index contributed by atoms with van der Waals surface area (Å²) in [4.78, 5) is 19.4. The van der Waals surface area contributed by atoms with Gasteiger partial charge in [-0.2, -0.15) is 0 Å². The van der Waals surface area contributed by atoms with Gasteiger partial charge in [-0.1, -0.05) is 11.6 Å². The van der Waals surface area contributed by atoms with Crippen LogP contribution in [0.15, 0.2) is 36.7 Å². The summed E-state index contributed by atoms with van der Waals surface area (Å²) in [5.41, 5.74) is 2.98. The third-order valence-corrected chi connectivity index (χ3v) is 7.15. The summed E-state index contributed by atoms with van der Waals surface area (Å²) in [5, 5.41) is 0.628. The topological polar surface area (TPSA) is 53.5 Å². The van der Waals surface area contributed by atoms with Gasteiger partial charge in [0, 0.05) is 36.1 Å². The van der Waals surface area contributed by atoms with Crippen molar-refractivity contribution in [2.45, 2.75) is 38.1 Å². The van der Waals surface area contributed by atoms with Crippen molar-refractivity contribution >= 4 is 34.2 Å². The van der Waals surface area contributed by atoms with Crippen LogP contribution in [-0.4, -0.2) is 38.8 Å². The molecule has 5 nitrogen and oxygen atoms in total. The van der Waals surface area contributed by atoms with Crippen molar-refractivity contribution in [1.82, 2.24) is 9.29 Å². The predicted molar refractivity (Wildman–Crippen MR) is 113 cm³/mol. The normalized spacial score (nSPS) is 22.9. The standard InChI is InChI=1S/C21H24ClN3O2S/c1-21(2)19-10-16(22)6-7-18(19)20(26)25(21)17-9-15(11-23-12-17)14-5-4-8-24(13-14)28(3)27/h6-7,9-12,14H,4-5,8,13H2,1-3H3. The van der Waals surface area contributed by atoms with E-state index in [4.69, 9.17) is 11.6 Å². The molecule has 2 aromatic rings. The number of piperidine rings is 1. The second kappa shape index (κ2) is 7.25. The van der Waals surface area contributed by atoms with Crippen LogP contribution < -0.4 is 4.90 Å². The number of hydrogen-bond acceptors (Lipinski definition) is 3. The molecule has 0 N–H and O–H groups in total. The molecule has 2 aliphatic heterocycles. The summed E-state index contributed by atoms with van der Waals surface area (Å²) in [6.45, 7) is 5.67. The highest BCUT2D eigenvalue weighted by atomic mass is 35.5. The first-order valence-electron chi connectivity index (χ1n) is 9.47. The summed E-state index contributed by atoms with van der Waals surface area (Å²) < 4.78 is 13.9. The number of nitrogens with zero attached hydrogens (tertiary/aromatic N) is 3. The van der Waals surface area contributed by atoms with Crippen molar-refractivity contribution in [2.24, 2.45) is 0 Å². The fourth-order valence-electron chi connectivity index (χ4n) is 4.38. The molecule has 1 saturated heterocycles. The quantitative estimate of drug-likeness (QED) is 0.755. The number of amides is 1. The number of carbonyl (C=O) groups is 1. The van der Waals surface area contributed by atoms with Crippen LogP contribution in [0.25, 0.3) is 0 Å². The molecule has 0 bridgehead atoms. The van der Waals surface area contributed by atoms with Gasteiger partial charge in [0.1, 0.15) is 0 Å². The number of rotatable bonds is 3. The minimum Gasteiger partial charge on any atom is -0.297 e. The van der Waals surface area contributed by atoms with Crippen molar-refractivity contribution in [3.8, 4) is 0 Å². The molecule has 1 amide bonds. The number of carbonyl (C=O) groups excluding carboxylic acids is 1. The first kappa shape index (κ1) is 19.6. The van der Waals surface area contributed by atoms with Crippen molar-refractivity contribution in [2.75, 3.05) is 24.2 Å². The smallest absolute Gasteiger partial charge is 0.259 e. The average molecular weight is 418 g/mol. The minimum atomic E-state index is -0.965. The molecule has 0 saturated carbocycles. The molecule has 1 aromatic carbocycles. The maximum absolute atomic E-state index is 13.2. The number of benzene rings is 1. The monoisotopic (exact) mass is 417 g/mol. The van der Waals surface area contributed by atoms with Gasteiger partial charge in [0.25, 0.3) is 5.91 Å². The van der Waals surface area contributed by atoms with Gasteiger partial charge >= 0.3 is 0 Å². The van der Waals surface area contributed by atoms with Gasteiger partial charge in [-0.05, 0) is 68.0 Å². The Labute approximate surface area is 173 Å². The lowest BCUT2D eigenvalue weighted by molar-refractivity contribution is 0.0982. The average Bonchev–Trinajstić information content (AvgIpc) is 2.87. The summed E-state index contributed by atoms with van der Waals surface area (Å²) in [7, 11) is -0.965. The third kappa shape index (κ3) is 3.27. The molecule has 148 valence electrons. The first-order valence-corrected chi connectivity index (χ1v) is 11.4.